The van der Waals surface area contributed by atoms with E-state index in [-0.39, 0.29) is 78.3 Å². The fraction of sp³-hybridized carbons (Fsp3) is 0.107. The third-order valence-corrected chi connectivity index (χ3v) is 5.52. The Hall–Kier alpha value is -3.91. The van der Waals surface area contributed by atoms with Gasteiger partial charge in [-0.1, -0.05) is 12.1 Å². The standard InChI is InChI=1S/C14H11F2NO3.C14H9F2NO3.B.Na.H/c2*1-20-14(19)8-2-3-10(9(4-8)7-18)11-5-13(16)17-6-12(11)15;;;/h2-6,18H,7H2,1H3;2-7H,1H3;;;/q;;;+1;-1. The molecule has 0 unspecified atom stereocenters. The quantitative estimate of drug-likeness (QED) is 0.119. The third-order valence-electron chi connectivity index (χ3n) is 5.52. The predicted molar refractivity (Wildman–Crippen MR) is 140 cm³/mol. The Kier molecular flexibility index (Phi) is 14.2. The van der Waals surface area contributed by atoms with Crippen LogP contribution >= 0.6 is 0 Å². The number of pyridine rings is 2. The number of esters is 2. The Morgan fingerprint density at radius 3 is 1.69 bits per heavy atom. The Labute approximate surface area is 263 Å². The first kappa shape index (κ1) is 36.1. The van der Waals surface area contributed by atoms with Crippen LogP contribution in [-0.2, 0) is 16.1 Å². The minimum atomic E-state index is -0.865. The van der Waals surface area contributed by atoms with Crippen molar-refractivity contribution in [2.45, 2.75) is 6.61 Å². The van der Waals surface area contributed by atoms with Gasteiger partial charge in [-0.05, 0) is 41.0 Å². The molecule has 0 fully saturated rings. The molecule has 4 aromatic rings. The summed E-state index contributed by atoms with van der Waals surface area (Å²) < 4.78 is 62.6. The van der Waals surface area contributed by atoms with Gasteiger partial charge in [0.05, 0.1) is 44.3 Å². The molecule has 14 heteroatoms. The van der Waals surface area contributed by atoms with Crippen LogP contribution in [0.15, 0.2) is 60.9 Å². The maximum absolute atomic E-state index is 13.7. The van der Waals surface area contributed by atoms with E-state index in [0.29, 0.717) is 11.8 Å². The van der Waals surface area contributed by atoms with Gasteiger partial charge in [0.2, 0.25) is 11.9 Å². The number of aldehydes is 1. The number of aliphatic hydroxyl groups is 1. The van der Waals surface area contributed by atoms with Gasteiger partial charge >= 0.3 is 41.5 Å². The summed E-state index contributed by atoms with van der Waals surface area (Å²) >= 11 is 0. The van der Waals surface area contributed by atoms with E-state index in [2.05, 4.69) is 19.4 Å². The normalized spacial score (nSPS) is 9.79. The molecule has 8 nitrogen and oxygen atoms in total. The monoisotopic (exact) mass is 591 g/mol. The topological polar surface area (TPSA) is 116 Å². The molecule has 0 saturated heterocycles. The van der Waals surface area contributed by atoms with Crippen LogP contribution in [0.4, 0.5) is 17.6 Å². The average molecular weight is 591 g/mol. The van der Waals surface area contributed by atoms with Gasteiger partial charge in [0.1, 0.15) is 11.6 Å². The van der Waals surface area contributed by atoms with Crippen LogP contribution < -0.4 is 29.6 Å². The maximum atomic E-state index is 13.7. The number of hydrogen-bond donors (Lipinski definition) is 1. The Bertz CT molecular complexity index is 1600. The minimum absolute atomic E-state index is 0. The van der Waals surface area contributed by atoms with E-state index >= 15 is 0 Å². The number of methoxy groups -OCH3 is 2. The van der Waals surface area contributed by atoms with Crippen LogP contribution in [0.3, 0.4) is 0 Å². The molecule has 0 aliphatic carbocycles. The van der Waals surface area contributed by atoms with Crippen molar-refractivity contribution in [2.24, 2.45) is 0 Å². The van der Waals surface area contributed by atoms with Crippen LogP contribution in [0.5, 0.6) is 0 Å². The summed E-state index contributed by atoms with van der Waals surface area (Å²) in [7, 11) is 2.43. The van der Waals surface area contributed by atoms with Crippen molar-refractivity contribution in [3.05, 3.63) is 107 Å². The zero-order valence-corrected chi connectivity index (χ0v) is 24.5. The van der Waals surface area contributed by atoms with E-state index < -0.39 is 42.1 Å². The van der Waals surface area contributed by atoms with Gasteiger partial charge in [-0.3, -0.25) is 4.79 Å². The number of halogens is 4. The number of hydrogen-bond acceptors (Lipinski definition) is 8. The second-order valence-electron chi connectivity index (χ2n) is 7.91. The molecule has 42 heavy (non-hydrogen) atoms. The summed E-state index contributed by atoms with van der Waals surface area (Å²) in [6.07, 6.45) is 1.95. The summed E-state index contributed by atoms with van der Waals surface area (Å²) in [5.74, 6) is -4.38. The van der Waals surface area contributed by atoms with Gasteiger partial charge in [-0.2, -0.15) is 8.78 Å². The van der Waals surface area contributed by atoms with Gasteiger partial charge in [0, 0.05) is 37.2 Å². The van der Waals surface area contributed by atoms with Crippen molar-refractivity contribution >= 4 is 26.6 Å². The molecule has 1 N–H and O–H groups in total. The van der Waals surface area contributed by atoms with E-state index in [9.17, 15) is 37.1 Å². The molecule has 0 spiro atoms. The number of ether oxygens (including phenoxy) is 2. The summed E-state index contributed by atoms with van der Waals surface area (Å²) in [6, 6.07) is 10.0. The average Bonchev–Trinajstić information content (AvgIpc) is 2.98. The number of carbonyl (C=O) groups is 3. The van der Waals surface area contributed by atoms with Crippen LogP contribution in [0.1, 0.15) is 38.1 Å². The number of aromatic nitrogens is 2. The molecule has 0 bridgehead atoms. The van der Waals surface area contributed by atoms with Crippen molar-refractivity contribution in [1.29, 1.82) is 0 Å². The first-order chi connectivity index (χ1) is 19.1. The largest absolute Gasteiger partial charge is 1.00 e. The summed E-state index contributed by atoms with van der Waals surface area (Å²) in [5.41, 5.74) is 1.04. The molecule has 2 aromatic heterocycles. The zero-order chi connectivity index (χ0) is 29.4. The van der Waals surface area contributed by atoms with Crippen molar-refractivity contribution in [3.8, 4) is 22.3 Å². The molecular weight excluding hydrogens is 570 g/mol. The smallest absolute Gasteiger partial charge is 1.00 e. The first-order valence-electron chi connectivity index (χ1n) is 11.3. The number of nitrogens with zero attached hydrogens (tertiary/aromatic N) is 2. The third kappa shape index (κ3) is 8.55. The van der Waals surface area contributed by atoms with Crippen LogP contribution in [-0.4, -0.2) is 55.9 Å². The van der Waals surface area contributed by atoms with Crippen molar-refractivity contribution < 1.29 is 77.5 Å². The van der Waals surface area contributed by atoms with Gasteiger partial charge in [0.15, 0.2) is 6.29 Å². The predicted octanol–water partition coefficient (Wildman–Crippen LogP) is 1.67. The second-order valence-corrected chi connectivity index (χ2v) is 7.91. The number of rotatable bonds is 6. The minimum Gasteiger partial charge on any atom is -1.00 e. The van der Waals surface area contributed by atoms with Crippen molar-refractivity contribution in [2.75, 3.05) is 14.2 Å². The fourth-order valence-electron chi connectivity index (χ4n) is 3.62. The Balaban J connectivity index is 0.000000767. The van der Waals surface area contributed by atoms with Crippen molar-refractivity contribution in [1.82, 2.24) is 9.97 Å². The van der Waals surface area contributed by atoms with Gasteiger partial charge in [-0.25, -0.2) is 28.3 Å². The SMILES string of the molecule is COC(=O)c1ccc(-c2cc(F)ncc2F)c(C=O)c1.COC(=O)c1ccc(-c2cc(F)ncc2F)c(CO)c1.[B].[H-].[Na+]. The van der Waals surface area contributed by atoms with Crippen molar-refractivity contribution in [3.63, 3.8) is 0 Å². The van der Waals surface area contributed by atoms with Gasteiger partial charge < -0.3 is 16.0 Å². The van der Waals surface area contributed by atoms with E-state index in [1.807, 2.05) is 0 Å². The molecule has 4 rings (SSSR count). The molecule has 3 radical (unpaired) electrons. The Morgan fingerprint density at radius 1 is 0.786 bits per heavy atom. The Morgan fingerprint density at radius 2 is 1.24 bits per heavy atom. The molecule has 2 heterocycles. The number of carbonyl (C=O) groups excluding carboxylic acids is 3. The van der Waals surface area contributed by atoms with Gasteiger partial charge in [-0.15, -0.1) is 0 Å². The van der Waals surface area contributed by atoms with E-state index in [1.165, 1.54) is 50.6 Å². The van der Waals surface area contributed by atoms with Crippen LogP contribution in [0, 0.1) is 23.5 Å². The molecule has 0 atom stereocenters. The molecular formula is C28H21BF4N2NaO6. The maximum Gasteiger partial charge on any atom is 1.00 e. The van der Waals surface area contributed by atoms with E-state index in [4.69, 9.17) is 0 Å². The molecule has 0 saturated carbocycles. The zero-order valence-electron chi connectivity index (χ0n) is 23.5. The van der Waals surface area contributed by atoms with E-state index in [1.54, 1.807) is 0 Å². The first-order valence-corrected chi connectivity index (χ1v) is 11.3. The van der Waals surface area contributed by atoms with Gasteiger partial charge in [0.25, 0.3) is 0 Å². The van der Waals surface area contributed by atoms with E-state index in [0.717, 1.165) is 24.5 Å². The fourth-order valence-corrected chi connectivity index (χ4v) is 3.62. The molecule has 2 aromatic carbocycles. The number of aliphatic hydroxyl groups excluding tert-OH is 1. The summed E-state index contributed by atoms with van der Waals surface area (Å²) in [5, 5.41) is 9.33. The van der Waals surface area contributed by atoms with Crippen LogP contribution in [0.25, 0.3) is 22.3 Å². The summed E-state index contributed by atoms with van der Waals surface area (Å²) in [6.45, 7) is -0.427. The molecule has 0 aliphatic heterocycles. The summed E-state index contributed by atoms with van der Waals surface area (Å²) in [4.78, 5) is 40.2. The van der Waals surface area contributed by atoms with Crippen LogP contribution in [0.2, 0.25) is 0 Å². The number of benzene rings is 2. The molecule has 211 valence electrons. The molecule has 0 aliphatic rings. The second kappa shape index (κ2) is 16.5. The molecule has 0 amide bonds.